The van der Waals surface area contributed by atoms with Crippen molar-refractivity contribution < 1.29 is 23.1 Å². The number of hydrogen-bond acceptors (Lipinski definition) is 5. The van der Waals surface area contributed by atoms with Crippen molar-refractivity contribution in [1.29, 1.82) is 0 Å². The van der Waals surface area contributed by atoms with E-state index in [-0.39, 0.29) is 21.4 Å². The average molecular weight is 333 g/mol. The molecule has 1 aliphatic heterocycles. The molecule has 1 atom stereocenters. The number of sulfonamides is 1. The molecule has 0 radical (unpaired) electrons. The molecule has 8 heteroatoms. The summed E-state index contributed by atoms with van der Waals surface area (Å²) in [5.41, 5.74) is 0.0707. The maximum absolute atomic E-state index is 12.5. The number of thiophene rings is 1. The lowest BCUT2D eigenvalue weighted by molar-refractivity contribution is -0.0599. The molecule has 2 N–H and O–H groups in total. The van der Waals surface area contributed by atoms with Crippen molar-refractivity contribution in [3.8, 4) is 0 Å². The molecule has 0 aromatic carbocycles. The van der Waals surface area contributed by atoms with Crippen molar-refractivity contribution in [2.45, 2.75) is 50.2 Å². The fraction of sp³-hybridized carbons (Fsp3) is 0.615. The fourth-order valence-electron chi connectivity index (χ4n) is 2.53. The molecule has 21 heavy (non-hydrogen) atoms. The Bertz CT molecular complexity index is 648. The molecule has 0 spiro atoms. The minimum atomic E-state index is -3.85. The smallest absolute Gasteiger partial charge is 0.347 e. The monoisotopic (exact) mass is 333 g/mol. The first-order chi connectivity index (χ1) is 9.62. The zero-order valence-corrected chi connectivity index (χ0v) is 13.8. The molecule has 2 heterocycles. The van der Waals surface area contributed by atoms with E-state index in [1.807, 2.05) is 13.8 Å². The van der Waals surface area contributed by atoms with Gasteiger partial charge in [0.2, 0.25) is 10.0 Å². The maximum Gasteiger partial charge on any atom is 0.347 e. The Morgan fingerprint density at radius 2 is 2.19 bits per heavy atom. The van der Waals surface area contributed by atoms with Gasteiger partial charge in [0.1, 0.15) is 9.77 Å². The predicted octanol–water partition coefficient (Wildman–Crippen LogP) is 1.99. The molecule has 1 aromatic heterocycles. The molecule has 1 saturated heterocycles. The number of carbonyl (C=O) groups is 1. The normalized spacial score (nSPS) is 22.1. The maximum atomic E-state index is 12.5. The molecule has 1 unspecified atom stereocenters. The molecule has 0 amide bonds. The minimum Gasteiger partial charge on any atom is -0.477 e. The van der Waals surface area contributed by atoms with Gasteiger partial charge in [0.25, 0.3) is 0 Å². The van der Waals surface area contributed by atoms with Crippen LogP contribution in [0.3, 0.4) is 0 Å². The SMILES string of the molecule is Cc1csc(C(=O)O)c1S(=O)(=O)NC1CCOC(C)(C)C1. The van der Waals surface area contributed by atoms with Gasteiger partial charge in [0.05, 0.1) is 5.60 Å². The largest absolute Gasteiger partial charge is 0.477 e. The van der Waals surface area contributed by atoms with Crippen molar-refractivity contribution in [3.63, 3.8) is 0 Å². The highest BCUT2D eigenvalue weighted by molar-refractivity contribution is 7.89. The summed E-state index contributed by atoms with van der Waals surface area (Å²) >= 11 is 0.930. The van der Waals surface area contributed by atoms with Gasteiger partial charge in [-0.3, -0.25) is 0 Å². The first-order valence-corrected chi connectivity index (χ1v) is 8.96. The van der Waals surface area contributed by atoms with E-state index in [4.69, 9.17) is 9.84 Å². The van der Waals surface area contributed by atoms with Crippen LogP contribution in [0.1, 0.15) is 41.9 Å². The van der Waals surface area contributed by atoms with E-state index in [0.29, 0.717) is 25.0 Å². The third-order valence-electron chi connectivity index (χ3n) is 3.40. The predicted molar refractivity (Wildman–Crippen MR) is 79.4 cm³/mol. The van der Waals surface area contributed by atoms with E-state index < -0.39 is 16.0 Å². The number of carboxylic acid groups (broad SMARTS) is 1. The molecule has 6 nitrogen and oxygen atoms in total. The molecule has 118 valence electrons. The van der Waals surface area contributed by atoms with Gasteiger partial charge in [-0.1, -0.05) is 0 Å². The highest BCUT2D eigenvalue weighted by Crippen LogP contribution is 2.29. The third kappa shape index (κ3) is 3.63. The van der Waals surface area contributed by atoms with Crippen LogP contribution in [0, 0.1) is 6.92 Å². The summed E-state index contributed by atoms with van der Waals surface area (Å²) in [7, 11) is -3.85. The molecule has 1 aromatic rings. The van der Waals surface area contributed by atoms with E-state index in [1.165, 1.54) is 0 Å². The third-order valence-corrected chi connectivity index (χ3v) is 6.32. The standard InChI is InChI=1S/C13H19NO5S2/c1-8-7-20-10(12(15)16)11(8)21(17,18)14-9-4-5-19-13(2,3)6-9/h7,9,14H,4-6H2,1-3H3,(H,15,16). The number of aromatic carboxylic acids is 1. The molecule has 1 fully saturated rings. The van der Waals surface area contributed by atoms with Gasteiger partial charge >= 0.3 is 5.97 Å². The van der Waals surface area contributed by atoms with Gasteiger partial charge < -0.3 is 9.84 Å². The summed E-state index contributed by atoms with van der Waals surface area (Å²) in [4.78, 5) is 10.9. The Labute approximate surface area is 128 Å². The second-order valence-corrected chi connectivity index (χ2v) is 8.33. The van der Waals surface area contributed by atoms with E-state index in [0.717, 1.165) is 11.3 Å². The van der Waals surface area contributed by atoms with Crippen LogP contribution in [0.5, 0.6) is 0 Å². The second-order valence-electron chi connectivity index (χ2n) is 5.80. The van der Waals surface area contributed by atoms with Gasteiger partial charge in [-0.15, -0.1) is 11.3 Å². The summed E-state index contributed by atoms with van der Waals surface area (Å²) in [6, 6.07) is -0.250. The Morgan fingerprint density at radius 1 is 1.52 bits per heavy atom. The van der Waals surface area contributed by atoms with Crippen molar-refractivity contribution in [3.05, 3.63) is 15.8 Å². The molecular formula is C13H19NO5S2. The Kier molecular flexibility index (Phi) is 4.44. The number of nitrogens with one attached hydrogen (secondary N) is 1. The van der Waals surface area contributed by atoms with Crippen LogP contribution in [0.4, 0.5) is 0 Å². The number of hydrogen-bond donors (Lipinski definition) is 2. The number of carboxylic acids is 1. The van der Waals surface area contributed by atoms with Crippen LogP contribution >= 0.6 is 11.3 Å². The quantitative estimate of drug-likeness (QED) is 0.879. The molecular weight excluding hydrogens is 314 g/mol. The summed E-state index contributed by atoms with van der Waals surface area (Å²) in [6.45, 7) is 5.90. The molecule has 1 aliphatic rings. The average Bonchev–Trinajstić information content (AvgIpc) is 2.70. The number of aryl methyl sites for hydroxylation is 1. The van der Waals surface area contributed by atoms with Crippen molar-refractivity contribution >= 4 is 27.3 Å². The Balaban J connectivity index is 2.27. The molecule has 0 bridgehead atoms. The van der Waals surface area contributed by atoms with Gasteiger partial charge in [-0.05, 0) is 44.6 Å². The van der Waals surface area contributed by atoms with Crippen LogP contribution in [-0.4, -0.2) is 37.7 Å². The van der Waals surface area contributed by atoms with Gasteiger partial charge in [0, 0.05) is 12.6 Å². The lowest BCUT2D eigenvalue weighted by Gasteiger charge is -2.35. The highest BCUT2D eigenvalue weighted by atomic mass is 32.2. The van der Waals surface area contributed by atoms with Gasteiger partial charge in [-0.25, -0.2) is 17.9 Å². The van der Waals surface area contributed by atoms with Crippen LogP contribution in [-0.2, 0) is 14.8 Å². The van der Waals surface area contributed by atoms with Crippen molar-refractivity contribution in [2.24, 2.45) is 0 Å². The zero-order valence-electron chi connectivity index (χ0n) is 12.2. The summed E-state index contributed by atoms with van der Waals surface area (Å²) in [6.07, 6.45) is 1.13. The fourth-order valence-corrected chi connectivity index (χ4v) is 5.43. The van der Waals surface area contributed by atoms with Crippen LogP contribution < -0.4 is 4.72 Å². The first kappa shape index (κ1) is 16.4. The Hall–Kier alpha value is -0.960. The van der Waals surface area contributed by atoms with E-state index in [2.05, 4.69) is 4.72 Å². The molecule has 0 saturated carbocycles. The highest BCUT2D eigenvalue weighted by Gasteiger charge is 2.34. The van der Waals surface area contributed by atoms with E-state index >= 15 is 0 Å². The zero-order chi connectivity index (χ0) is 15.8. The summed E-state index contributed by atoms with van der Waals surface area (Å²) in [5, 5.41) is 10.7. The van der Waals surface area contributed by atoms with Crippen molar-refractivity contribution in [1.82, 2.24) is 4.72 Å². The van der Waals surface area contributed by atoms with Gasteiger partial charge in [-0.2, -0.15) is 0 Å². The van der Waals surface area contributed by atoms with E-state index in [9.17, 15) is 13.2 Å². The number of ether oxygens (including phenoxy) is 1. The second kappa shape index (κ2) is 5.68. The van der Waals surface area contributed by atoms with Crippen molar-refractivity contribution in [2.75, 3.05) is 6.61 Å². The van der Waals surface area contributed by atoms with Gasteiger partial charge in [0.15, 0.2) is 0 Å². The summed E-state index contributed by atoms with van der Waals surface area (Å²) < 4.78 is 33.2. The van der Waals surface area contributed by atoms with Crippen LogP contribution in [0.15, 0.2) is 10.3 Å². The number of rotatable bonds is 4. The lowest BCUT2D eigenvalue weighted by atomic mass is 9.95. The first-order valence-electron chi connectivity index (χ1n) is 6.60. The van der Waals surface area contributed by atoms with Crippen LogP contribution in [0.2, 0.25) is 0 Å². The lowest BCUT2D eigenvalue weighted by Crippen LogP contribution is -2.45. The summed E-state index contributed by atoms with van der Waals surface area (Å²) in [5.74, 6) is -1.22. The molecule has 2 rings (SSSR count). The topological polar surface area (TPSA) is 92.7 Å². The minimum absolute atomic E-state index is 0.121. The van der Waals surface area contributed by atoms with E-state index in [1.54, 1.807) is 12.3 Å². The van der Waals surface area contributed by atoms with Crippen LogP contribution in [0.25, 0.3) is 0 Å². The molecule has 0 aliphatic carbocycles. The Morgan fingerprint density at radius 3 is 2.76 bits per heavy atom.